The first kappa shape index (κ1) is 15.5. The lowest BCUT2D eigenvalue weighted by molar-refractivity contribution is -0.131. The monoisotopic (exact) mass is 339 g/mol. The number of aliphatic hydroxyl groups excluding tert-OH is 1. The van der Waals surface area contributed by atoms with Gasteiger partial charge in [0.25, 0.3) is 0 Å². The lowest BCUT2D eigenvalue weighted by atomic mass is 10.1. The first-order chi connectivity index (χ1) is 12.1. The Kier molecular flexibility index (Phi) is 3.81. The molecule has 3 aromatic rings. The second-order valence-corrected chi connectivity index (χ2v) is 6.20. The van der Waals surface area contributed by atoms with E-state index in [9.17, 15) is 4.79 Å². The van der Waals surface area contributed by atoms with Crippen molar-refractivity contribution in [1.29, 1.82) is 0 Å². The van der Waals surface area contributed by atoms with E-state index >= 15 is 0 Å². The number of rotatable bonds is 6. The van der Waals surface area contributed by atoms with Crippen LogP contribution in [-0.2, 0) is 17.9 Å². The molecule has 0 aromatic carbocycles. The van der Waals surface area contributed by atoms with Crippen molar-refractivity contribution in [3.63, 3.8) is 0 Å². The van der Waals surface area contributed by atoms with Crippen molar-refractivity contribution in [2.24, 2.45) is 0 Å². The third-order valence-electron chi connectivity index (χ3n) is 4.18. The van der Waals surface area contributed by atoms with Crippen LogP contribution in [0, 0.1) is 0 Å². The molecule has 128 valence electrons. The van der Waals surface area contributed by atoms with Gasteiger partial charge in [0.15, 0.2) is 0 Å². The smallest absolute Gasteiger partial charge is 0.328 e. The molecule has 2 N–H and O–H groups in total. The maximum absolute atomic E-state index is 10.9. The van der Waals surface area contributed by atoms with E-state index in [1.807, 2.05) is 16.7 Å². The number of carboxylic acids is 1. The lowest BCUT2D eigenvalue weighted by Crippen LogP contribution is -2.00. The summed E-state index contributed by atoms with van der Waals surface area (Å²) in [5, 5.41) is 25.8. The summed E-state index contributed by atoms with van der Waals surface area (Å²) in [4.78, 5) is 15.5. The van der Waals surface area contributed by atoms with Crippen LogP contribution in [0.1, 0.15) is 41.3 Å². The molecule has 0 radical (unpaired) electrons. The molecule has 0 spiro atoms. The summed E-state index contributed by atoms with van der Waals surface area (Å²) < 4.78 is 3.55. The normalized spacial score (nSPS) is 14.6. The van der Waals surface area contributed by atoms with Gasteiger partial charge in [0.1, 0.15) is 11.3 Å². The van der Waals surface area contributed by atoms with Gasteiger partial charge in [-0.15, -0.1) is 5.10 Å². The zero-order chi connectivity index (χ0) is 17.4. The highest BCUT2D eigenvalue weighted by Gasteiger charge is 2.24. The summed E-state index contributed by atoms with van der Waals surface area (Å²) in [5.41, 5.74) is 3.98. The molecule has 0 aliphatic heterocycles. The zero-order valence-corrected chi connectivity index (χ0v) is 13.4. The van der Waals surface area contributed by atoms with Gasteiger partial charge in [-0.05, 0) is 36.5 Å². The molecule has 0 amide bonds. The van der Waals surface area contributed by atoms with Gasteiger partial charge >= 0.3 is 5.97 Å². The minimum Gasteiger partial charge on any atom is -0.478 e. The molecule has 1 fully saturated rings. The van der Waals surface area contributed by atoms with E-state index in [4.69, 9.17) is 10.2 Å². The standard InChI is InChI=1S/C17H17N5O3/c23-10-15-9-22(20-19-15)8-14-7-21-6-13(11-1-2-11)5-12(17(21)18-14)3-4-16(24)25/h3-7,9,11,23H,1-2,8,10H2,(H,24,25)/b4-3+. The molecule has 1 aliphatic rings. The number of carbonyl (C=O) groups is 1. The van der Waals surface area contributed by atoms with Crippen LogP contribution >= 0.6 is 0 Å². The summed E-state index contributed by atoms with van der Waals surface area (Å²) in [6, 6.07) is 2.02. The molecule has 8 heteroatoms. The van der Waals surface area contributed by atoms with Crippen molar-refractivity contribution >= 4 is 17.7 Å². The second-order valence-electron chi connectivity index (χ2n) is 6.20. The fraction of sp³-hybridized carbons (Fsp3) is 0.294. The molecule has 3 aromatic heterocycles. The predicted octanol–water partition coefficient (Wildman–Crippen LogP) is 1.44. The first-order valence-electron chi connectivity index (χ1n) is 8.05. The highest BCUT2D eigenvalue weighted by molar-refractivity contribution is 5.87. The highest BCUT2D eigenvalue weighted by atomic mass is 16.4. The fourth-order valence-electron chi connectivity index (χ4n) is 2.85. The van der Waals surface area contributed by atoms with E-state index in [2.05, 4.69) is 21.5 Å². The Morgan fingerprint density at radius 1 is 1.28 bits per heavy atom. The Labute approximate surface area is 143 Å². The quantitative estimate of drug-likeness (QED) is 0.658. The topological polar surface area (TPSA) is 106 Å². The second kappa shape index (κ2) is 6.14. The third-order valence-corrected chi connectivity index (χ3v) is 4.18. The number of nitrogens with zero attached hydrogens (tertiary/aromatic N) is 5. The van der Waals surface area contributed by atoms with Crippen molar-refractivity contribution in [1.82, 2.24) is 24.4 Å². The molecule has 25 heavy (non-hydrogen) atoms. The number of hydrogen-bond acceptors (Lipinski definition) is 5. The van der Waals surface area contributed by atoms with Gasteiger partial charge in [-0.2, -0.15) is 0 Å². The van der Waals surface area contributed by atoms with E-state index in [0.29, 0.717) is 23.8 Å². The molecule has 1 aliphatic carbocycles. The van der Waals surface area contributed by atoms with Gasteiger partial charge in [-0.3, -0.25) is 0 Å². The van der Waals surface area contributed by atoms with Gasteiger partial charge in [-0.1, -0.05) is 5.21 Å². The van der Waals surface area contributed by atoms with Gasteiger partial charge in [0, 0.05) is 24.0 Å². The Morgan fingerprint density at radius 3 is 2.80 bits per heavy atom. The number of carboxylic acid groups (broad SMARTS) is 1. The van der Waals surface area contributed by atoms with Crippen molar-refractivity contribution in [2.45, 2.75) is 31.9 Å². The van der Waals surface area contributed by atoms with E-state index in [1.165, 1.54) is 5.56 Å². The molecule has 1 saturated carbocycles. The van der Waals surface area contributed by atoms with E-state index in [0.717, 1.165) is 30.2 Å². The summed E-state index contributed by atoms with van der Waals surface area (Å²) in [6.45, 7) is 0.273. The van der Waals surface area contributed by atoms with Crippen LogP contribution in [0.2, 0.25) is 0 Å². The van der Waals surface area contributed by atoms with Crippen LogP contribution in [0.5, 0.6) is 0 Å². The molecule has 4 rings (SSSR count). The van der Waals surface area contributed by atoms with E-state index < -0.39 is 5.97 Å². The average Bonchev–Trinajstić information content (AvgIpc) is 3.21. The van der Waals surface area contributed by atoms with Gasteiger partial charge in [0.05, 0.1) is 25.0 Å². The van der Waals surface area contributed by atoms with Crippen molar-refractivity contribution in [3.05, 3.63) is 53.2 Å². The largest absolute Gasteiger partial charge is 0.478 e. The molecule has 0 bridgehead atoms. The average molecular weight is 339 g/mol. The SMILES string of the molecule is O=C(O)/C=C/c1cc(C2CC2)cn2cc(Cn3cc(CO)nn3)nc12. The van der Waals surface area contributed by atoms with Gasteiger partial charge < -0.3 is 14.6 Å². The first-order valence-corrected chi connectivity index (χ1v) is 8.05. The van der Waals surface area contributed by atoms with Crippen LogP contribution in [0.3, 0.4) is 0 Å². The molecule has 0 saturated heterocycles. The highest BCUT2D eigenvalue weighted by Crippen LogP contribution is 2.40. The Bertz CT molecular complexity index is 968. The van der Waals surface area contributed by atoms with Crippen LogP contribution < -0.4 is 0 Å². The maximum Gasteiger partial charge on any atom is 0.328 e. The number of hydrogen-bond donors (Lipinski definition) is 2. The van der Waals surface area contributed by atoms with Crippen molar-refractivity contribution < 1.29 is 15.0 Å². The molecule has 0 unspecified atom stereocenters. The van der Waals surface area contributed by atoms with Gasteiger partial charge in [-0.25, -0.2) is 14.5 Å². The van der Waals surface area contributed by atoms with Gasteiger partial charge in [0.2, 0.25) is 0 Å². The van der Waals surface area contributed by atoms with E-state index in [1.54, 1.807) is 17.0 Å². The molecule has 3 heterocycles. The molecule has 0 atom stereocenters. The Morgan fingerprint density at radius 2 is 2.12 bits per heavy atom. The van der Waals surface area contributed by atoms with Crippen LogP contribution in [-0.4, -0.2) is 40.6 Å². The number of aromatic nitrogens is 5. The number of pyridine rings is 1. The molecule has 8 nitrogen and oxygen atoms in total. The molecular weight excluding hydrogens is 322 g/mol. The number of aliphatic hydroxyl groups is 1. The third kappa shape index (κ3) is 3.29. The van der Waals surface area contributed by atoms with Crippen molar-refractivity contribution in [2.75, 3.05) is 0 Å². The maximum atomic E-state index is 10.9. The fourth-order valence-corrected chi connectivity index (χ4v) is 2.85. The minimum atomic E-state index is -0.985. The predicted molar refractivity (Wildman–Crippen MR) is 88.9 cm³/mol. The summed E-state index contributed by atoms with van der Waals surface area (Å²) in [7, 11) is 0. The minimum absolute atomic E-state index is 0.153. The number of aliphatic carboxylic acids is 1. The van der Waals surface area contributed by atoms with E-state index in [-0.39, 0.29) is 6.61 Å². The number of fused-ring (bicyclic) bond motifs is 1. The van der Waals surface area contributed by atoms with Crippen LogP contribution in [0.25, 0.3) is 11.7 Å². The van der Waals surface area contributed by atoms with Crippen LogP contribution in [0.4, 0.5) is 0 Å². The van der Waals surface area contributed by atoms with Crippen LogP contribution in [0.15, 0.2) is 30.7 Å². The summed E-state index contributed by atoms with van der Waals surface area (Å²) in [5.74, 6) is -0.435. The Hall–Kier alpha value is -3.00. The lowest BCUT2D eigenvalue weighted by Gasteiger charge is -2.03. The van der Waals surface area contributed by atoms with Crippen molar-refractivity contribution in [3.8, 4) is 0 Å². The summed E-state index contributed by atoms with van der Waals surface area (Å²) >= 11 is 0. The zero-order valence-electron chi connectivity index (χ0n) is 13.4. The number of imidazole rings is 1. The molecular formula is C17H17N5O3. The summed E-state index contributed by atoms with van der Waals surface area (Å²) in [6.07, 6.45) is 10.7. The Balaban J connectivity index is 1.72.